The lowest BCUT2D eigenvalue weighted by atomic mass is 9.89. The Kier molecular flexibility index (Phi) is 6.31. The molecule has 0 bridgehead atoms. The largest absolute Gasteiger partial charge is 0.356 e. The van der Waals surface area contributed by atoms with E-state index >= 15 is 0 Å². The van der Waals surface area contributed by atoms with Gasteiger partial charge < -0.3 is 10.3 Å². The molecule has 2 atom stereocenters. The van der Waals surface area contributed by atoms with Crippen molar-refractivity contribution in [3.05, 3.63) is 137 Å². The lowest BCUT2D eigenvalue weighted by molar-refractivity contribution is -0.120. The van der Waals surface area contributed by atoms with Crippen LogP contribution in [0.25, 0.3) is 10.9 Å². The number of H-pyrrole nitrogens is 1. The Labute approximate surface area is 241 Å². The molecule has 1 saturated heterocycles. The molecule has 5 aromatic rings. The second kappa shape index (κ2) is 10.3. The molecule has 0 aliphatic carbocycles. The van der Waals surface area contributed by atoms with Crippen LogP contribution >= 0.6 is 0 Å². The fourth-order valence-corrected chi connectivity index (χ4v) is 6.25. The third-order valence-electron chi connectivity index (χ3n) is 8.19. The van der Waals surface area contributed by atoms with E-state index in [9.17, 15) is 18.8 Å². The number of para-hydroxylation sites is 2. The number of benzene rings is 4. The summed E-state index contributed by atoms with van der Waals surface area (Å²) in [6.07, 6.45) is 0.670. The van der Waals surface area contributed by atoms with Crippen LogP contribution in [0.3, 0.4) is 0 Å². The van der Waals surface area contributed by atoms with Crippen LogP contribution in [-0.4, -0.2) is 40.3 Å². The standard InChI is InChI=1S/C34H27FN4O3/c35-26-15-7-4-10-21(26)18-19-36-32(40)24-14-6-9-17-28(24)39-33(41)29-20-25-23-13-5-8-16-27(23)37-30(25)31(38(29)34(39)42)22-11-2-1-3-12-22/h1-17,29,31,37H,18-20H2,(H,36,40)/t29-,31-/m0/s1. The number of nitrogens with zero attached hydrogens (tertiary/aromatic N) is 2. The minimum absolute atomic E-state index is 0.197. The first-order chi connectivity index (χ1) is 20.5. The van der Waals surface area contributed by atoms with Crippen molar-refractivity contribution in [3.8, 4) is 0 Å². The van der Waals surface area contributed by atoms with Gasteiger partial charge in [-0.25, -0.2) is 14.1 Å². The molecule has 0 spiro atoms. The van der Waals surface area contributed by atoms with Crippen molar-refractivity contribution < 1.29 is 18.8 Å². The maximum absolute atomic E-state index is 14.2. The predicted octanol–water partition coefficient (Wildman–Crippen LogP) is 5.76. The van der Waals surface area contributed by atoms with E-state index in [2.05, 4.69) is 10.3 Å². The van der Waals surface area contributed by atoms with E-state index in [4.69, 9.17) is 0 Å². The van der Waals surface area contributed by atoms with Crippen LogP contribution in [-0.2, 0) is 17.6 Å². The van der Waals surface area contributed by atoms with Crippen LogP contribution in [0.4, 0.5) is 14.9 Å². The van der Waals surface area contributed by atoms with Crippen molar-refractivity contribution in [1.29, 1.82) is 0 Å². The van der Waals surface area contributed by atoms with E-state index in [1.54, 1.807) is 47.4 Å². The molecule has 0 unspecified atom stereocenters. The first kappa shape index (κ1) is 25.7. The third-order valence-corrected chi connectivity index (χ3v) is 8.19. The molecule has 208 valence electrons. The minimum Gasteiger partial charge on any atom is -0.356 e. The number of imide groups is 1. The Morgan fingerprint density at radius 3 is 2.43 bits per heavy atom. The second-order valence-electron chi connectivity index (χ2n) is 10.6. The number of carbonyl (C=O) groups excluding carboxylic acids is 3. The van der Waals surface area contributed by atoms with Crippen LogP contribution in [0.15, 0.2) is 103 Å². The minimum atomic E-state index is -0.730. The molecule has 42 heavy (non-hydrogen) atoms. The first-order valence-corrected chi connectivity index (χ1v) is 13.9. The summed E-state index contributed by atoms with van der Waals surface area (Å²) in [6.45, 7) is 0.197. The van der Waals surface area contributed by atoms with Crippen molar-refractivity contribution in [1.82, 2.24) is 15.2 Å². The quantitative estimate of drug-likeness (QED) is 0.260. The zero-order chi connectivity index (χ0) is 28.8. The number of rotatable bonds is 6. The average molecular weight is 559 g/mol. The molecule has 3 heterocycles. The fourth-order valence-electron chi connectivity index (χ4n) is 6.25. The second-order valence-corrected chi connectivity index (χ2v) is 10.6. The van der Waals surface area contributed by atoms with Gasteiger partial charge in [0.05, 0.1) is 11.3 Å². The van der Waals surface area contributed by atoms with Crippen LogP contribution in [0.5, 0.6) is 0 Å². The molecule has 7 nitrogen and oxygen atoms in total. The molecule has 2 N–H and O–H groups in total. The molecule has 4 aromatic carbocycles. The van der Waals surface area contributed by atoms with Crippen molar-refractivity contribution in [2.75, 3.05) is 11.4 Å². The molecular weight excluding hydrogens is 531 g/mol. The van der Waals surface area contributed by atoms with Crippen LogP contribution in [0.2, 0.25) is 0 Å². The summed E-state index contributed by atoms with van der Waals surface area (Å²) in [5.74, 6) is -1.14. The van der Waals surface area contributed by atoms with Gasteiger partial charge in [-0.15, -0.1) is 0 Å². The molecule has 8 heteroatoms. The Morgan fingerprint density at radius 1 is 0.881 bits per heavy atom. The van der Waals surface area contributed by atoms with Gasteiger partial charge in [0.25, 0.3) is 11.8 Å². The highest BCUT2D eigenvalue weighted by molar-refractivity contribution is 6.24. The Hall–Kier alpha value is -5.24. The smallest absolute Gasteiger partial charge is 0.332 e. The summed E-state index contributed by atoms with van der Waals surface area (Å²) in [7, 11) is 0. The van der Waals surface area contributed by atoms with Crippen molar-refractivity contribution in [2.24, 2.45) is 0 Å². The average Bonchev–Trinajstić information content (AvgIpc) is 3.51. The van der Waals surface area contributed by atoms with Gasteiger partial charge in [0.15, 0.2) is 0 Å². The van der Waals surface area contributed by atoms with Crippen LogP contribution in [0, 0.1) is 5.82 Å². The van der Waals surface area contributed by atoms with Gasteiger partial charge in [0.2, 0.25) is 0 Å². The molecule has 4 amide bonds. The number of halogens is 1. The van der Waals surface area contributed by atoms with Gasteiger partial charge in [-0.1, -0.05) is 78.9 Å². The molecule has 2 aliphatic heterocycles. The number of amides is 4. The molecule has 7 rings (SSSR count). The van der Waals surface area contributed by atoms with E-state index in [-0.39, 0.29) is 29.5 Å². The summed E-state index contributed by atoms with van der Waals surface area (Å²) in [5.41, 5.74) is 4.67. The normalized spacial score (nSPS) is 17.8. The SMILES string of the molecule is O=C(NCCc1ccccc1F)c1ccccc1N1C(=O)[C@@H]2Cc3c([nH]c4ccccc34)[C@H](c3ccccc3)N2C1=O. The van der Waals surface area contributed by atoms with Crippen molar-refractivity contribution in [2.45, 2.75) is 24.9 Å². The van der Waals surface area contributed by atoms with Crippen molar-refractivity contribution >= 4 is 34.4 Å². The van der Waals surface area contributed by atoms with E-state index in [1.807, 2.05) is 54.6 Å². The van der Waals surface area contributed by atoms with Gasteiger partial charge in [-0.3, -0.25) is 14.5 Å². The number of aromatic nitrogens is 1. The number of nitrogens with one attached hydrogen (secondary N) is 2. The third kappa shape index (κ3) is 4.15. The molecule has 0 saturated carbocycles. The molecule has 1 fully saturated rings. The highest BCUT2D eigenvalue weighted by Crippen LogP contribution is 2.45. The maximum atomic E-state index is 14.2. The first-order valence-electron chi connectivity index (χ1n) is 13.9. The van der Waals surface area contributed by atoms with E-state index < -0.39 is 24.0 Å². The van der Waals surface area contributed by atoms with E-state index in [0.717, 1.165) is 32.6 Å². The van der Waals surface area contributed by atoms with Gasteiger partial charge in [0.1, 0.15) is 17.9 Å². The Balaban J connectivity index is 1.23. The number of anilines is 1. The number of carbonyl (C=O) groups is 3. The highest BCUT2D eigenvalue weighted by atomic mass is 19.1. The Bertz CT molecular complexity index is 1850. The summed E-state index contributed by atoms with van der Waals surface area (Å²) < 4.78 is 14.1. The van der Waals surface area contributed by atoms with Gasteiger partial charge in [-0.2, -0.15) is 0 Å². The molecular formula is C34H27FN4O3. The fraction of sp³-hybridized carbons (Fsp3) is 0.147. The topological polar surface area (TPSA) is 85.5 Å². The molecule has 0 radical (unpaired) electrons. The predicted molar refractivity (Wildman–Crippen MR) is 158 cm³/mol. The number of hydrogen-bond donors (Lipinski definition) is 2. The number of urea groups is 1. The monoisotopic (exact) mass is 558 g/mol. The number of fused-ring (bicyclic) bond motifs is 4. The van der Waals surface area contributed by atoms with E-state index in [0.29, 0.717) is 18.4 Å². The summed E-state index contributed by atoms with van der Waals surface area (Å²) in [5, 5.41) is 3.85. The molecule has 1 aromatic heterocycles. The van der Waals surface area contributed by atoms with Gasteiger partial charge in [0, 0.05) is 29.6 Å². The lowest BCUT2D eigenvalue weighted by Gasteiger charge is -2.36. The van der Waals surface area contributed by atoms with Crippen LogP contribution < -0.4 is 10.2 Å². The number of hydrogen-bond acceptors (Lipinski definition) is 3. The summed E-state index contributed by atoms with van der Waals surface area (Å²) >= 11 is 0. The molecule has 2 aliphatic rings. The summed E-state index contributed by atoms with van der Waals surface area (Å²) in [6, 6.07) is 28.9. The highest BCUT2D eigenvalue weighted by Gasteiger charge is 2.53. The zero-order valence-electron chi connectivity index (χ0n) is 22.6. The number of aromatic amines is 1. The lowest BCUT2D eigenvalue weighted by Crippen LogP contribution is -2.44. The van der Waals surface area contributed by atoms with Gasteiger partial charge >= 0.3 is 6.03 Å². The zero-order valence-corrected chi connectivity index (χ0v) is 22.6. The van der Waals surface area contributed by atoms with Gasteiger partial charge in [-0.05, 0) is 47.4 Å². The van der Waals surface area contributed by atoms with E-state index in [1.165, 1.54) is 6.07 Å². The van der Waals surface area contributed by atoms with Crippen molar-refractivity contribution in [3.63, 3.8) is 0 Å². The maximum Gasteiger partial charge on any atom is 0.332 e. The Morgan fingerprint density at radius 2 is 1.60 bits per heavy atom. The summed E-state index contributed by atoms with van der Waals surface area (Å²) in [4.78, 5) is 47.9. The van der Waals surface area contributed by atoms with Crippen LogP contribution in [0.1, 0.15) is 38.8 Å².